The van der Waals surface area contributed by atoms with E-state index in [0.717, 1.165) is 24.3 Å². The molecule has 0 atom stereocenters. The smallest absolute Gasteiger partial charge is 0.224 e. The molecule has 1 aliphatic rings. The third-order valence-electron chi connectivity index (χ3n) is 4.68. The molecule has 1 saturated heterocycles. The van der Waals surface area contributed by atoms with E-state index in [0.29, 0.717) is 31.6 Å². The number of halogens is 1. The number of anilines is 1. The van der Waals surface area contributed by atoms with Crippen molar-refractivity contribution in [3.63, 3.8) is 0 Å². The Labute approximate surface area is 158 Å². The van der Waals surface area contributed by atoms with E-state index in [1.165, 1.54) is 13.0 Å². The number of hydrogen-bond acceptors (Lipinski definition) is 3. The van der Waals surface area contributed by atoms with Crippen LogP contribution in [0.5, 0.6) is 0 Å². The number of rotatable bonds is 5. The number of carbonyl (C=O) groups excluding carboxylic acids is 2. The van der Waals surface area contributed by atoms with Crippen LogP contribution in [0.1, 0.15) is 24.5 Å². The van der Waals surface area contributed by atoms with Crippen molar-refractivity contribution in [2.75, 3.05) is 25.0 Å². The van der Waals surface area contributed by atoms with Crippen molar-refractivity contribution < 1.29 is 14.0 Å². The van der Waals surface area contributed by atoms with Crippen LogP contribution < -0.4 is 5.32 Å². The topological polar surface area (TPSA) is 52.7 Å². The summed E-state index contributed by atoms with van der Waals surface area (Å²) in [5.41, 5.74) is 2.44. The molecule has 2 aromatic rings. The molecule has 1 fully saturated rings. The van der Waals surface area contributed by atoms with Crippen LogP contribution in [0.4, 0.5) is 10.1 Å². The van der Waals surface area contributed by atoms with Gasteiger partial charge in [-0.1, -0.05) is 30.3 Å². The van der Waals surface area contributed by atoms with E-state index in [4.69, 9.17) is 0 Å². The molecule has 0 aromatic heterocycles. The lowest BCUT2D eigenvalue weighted by Gasteiger charge is -2.22. The first-order chi connectivity index (χ1) is 13.0. The minimum Gasteiger partial charge on any atom is -0.337 e. The second-order valence-electron chi connectivity index (χ2n) is 6.81. The molecule has 0 spiro atoms. The predicted molar refractivity (Wildman–Crippen MR) is 102 cm³/mol. The summed E-state index contributed by atoms with van der Waals surface area (Å²) in [4.78, 5) is 27.5. The van der Waals surface area contributed by atoms with E-state index >= 15 is 0 Å². The van der Waals surface area contributed by atoms with Gasteiger partial charge in [0.15, 0.2) is 0 Å². The standard InChI is InChI=1S/C21H24FN3O2/c1-16(26)23-19-8-6-17(7-9-19)14-24-11-10-21(27)25(13-12-24)15-18-4-2-3-5-20(18)22/h2-9H,10-15H2,1H3,(H,23,26). The molecule has 2 amide bonds. The number of benzene rings is 2. The molecule has 5 nitrogen and oxygen atoms in total. The zero-order chi connectivity index (χ0) is 19.2. The summed E-state index contributed by atoms with van der Waals surface area (Å²) in [5, 5.41) is 2.75. The molecule has 1 aliphatic heterocycles. The second-order valence-corrected chi connectivity index (χ2v) is 6.81. The van der Waals surface area contributed by atoms with Gasteiger partial charge in [0.2, 0.25) is 11.8 Å². The molecule has 0 unspecified atom stereocenters. The largest absolute Gasteiger partial charge is 0.337 e. The fraction of sp³-hybridized carbons (Fsp3) is 0.333. The summed E-state index contributed by atoms with van der Waals surface area (Å²) in [6.07, 6.45) is 0.429. The molecule has 27 heavy (non-hydrogen) atoms. The minimum absolute atomic E-state index is 0.0572. The Kier molecular flexibility index (Phi) is 6.19. The SMILES string of the molecule is CC(=O)Nc1ccc(CN2CCC(=O)N(Cc3ccccc3F)CC2)cc1. The quantitative estimate of drug-likeness (QED) is 0.881. The second kappa shape index (κ2) is 8.77. The number of nitrogens with one attached hydrogen (secondary N) is 1. The summed E-state index contributed by atoms with van der Waals surface area (Å²) in [6.45, 7) is 4.53. The molecule has 0 saturated carbocycles. The summed E-state index contributed by atoms with van der Waals surface area (Å²) >= 11 is 0. The summed E-state index contributed by atoms with van der Waals surface area (Å²) in [7, 11) is 0. The zero-order valence-electron chi connectivity index (χ0n) is 15.5. The first kappa shape index (κ1) is 19.0. The lowest BCUT2D eigenvalue weighted by atomic mass is 10.2. The van der Waals surface area contributed by atoms with Crippen molar-refractivity contribution in [1.29, 1.82) is 0 Å². The van der Waals surface area contributed by atoms with Crippen molar-refractivity contribution in [2.45, 2.75) is 26.4 Å². The molecular formula is C21H24FN3O2. The van der Waals surface area contributed by atoms with E-state index < -0.39 is 0 Å². The fourth-order valence-corrected chi connectivity index (χ4v) is 3.22. The average molecular weight is 369 g/mol. The third-order valence-corrected chi connectivity index (χ3v) is 4.68. The predicted octanol–water partition coefficient (Wildman–Crippen LogP) is 3.02. The van der Waals surface area contributed by atoms with Crippen molar-refractivity contribution in [3.8, 4) is 0 Å². The maximum Gasteiger partial charge on any atom is 0.224 e. The number of amides is 2. The summed E-state index contributed by atoms with van der Waals surface area (Å²) in [5.74, 6) is -0.309. The van der Waals surface area contributed by atoms with Crippen LogP contribution in [0.2, 0.25) is 0 Å². The normalized spacial score (nSPS) is 15.5. The van der Waals surface area contributed by atoms with Gasteiger partial charge < -0.3 is 10.2 Å². The Morgan fingerprint density at radius 2 is 1.78 bits per heavy atom. The average Bonchev–Trinajstić information content (AvgIpc) is 2.81. The van der Waals surface area contributed by atoms with Crippen molar-refractivity contribution in [2.24, 2.45) is 0 Å². The molecule has 0 aliphatic carbocycles. The molecular weight excluding hydrogens is 345 g/mol. The molecule has 1 N–H and O–H groups in total. The van der Waals surface area contributed by atoms with Crippen molar-refractivity contribution in [3.05, 3.63) is 65.5 Å². The van der Waals surface area contributed by atoms with Crippen LogP contribution in [0.3, 0.4) is 0 Å². The van der Waals surface area contributed by atoms with Gasteiger partial charge in [-0.2, -0.15) is 0 Å². The number of hydrogen-bond donors (Lipinski definition) is 1. The molecule has 6 heteroatoms. The van der Waals surface area contributed by atoms with Gasteiger partial charge in [-0.25, -0.2) is 4.39 Å². The number of carbonyl (C=O) groups is 2. The van der Waals surface area contributed by atoms with Crippen LogP contribution in [-0.2, 0) is 22.7 Å². The van der Waals surface area contributed by atoms with Gasteiger partial charge in [-0.3, -0.25) is 14.5 Å². The summed E-state index contributed by atoms with van der Waals surface area (Å²) < 4.78 is 13.9. The monoisotopic (exact) mass is 369 g/mol. The van der Waals surface area contributed by atoms with E-state index in [2.05, 4.69) is 10.2 Å². The molecule has 2 aromatic carbocycles. The Balaban J connectivity index is 1.58. The molecule has 1 heterocycles. The van der Waals surface area contributed by atoms with Gasteiger partial charge in [0.1, 0.15) is 5.82 Å². The zero-order valence-corrected chi connectivity index (χ0v) is 15.5. The molecule has 0 bridgehead atoms. The highest BCUT2D eigenvalue weighted by molar-refractivity contribution is 5.88. The van der Waals surface area contributed by atoms with Crippen LogP contribution >= 0.6 is 0 Å². The van der Waals surface area contributed by atoms with Crippen LogP contribution in [0, 0.1) is 5.82 Å². The minimum atomic E-state index is -0.273. The molecule has 142 valence electrons. The Hall–Kier alpha value is -2.73. The summed E-state index contributed by atoms with van der Waals surface area (Å²) in [6, 6.07) is 14.3. The van der Waals surface area contributed by atoms with Crippen molar-refractivity contribution in [1.82, 2.24) is 9.80 Å². The first-order valence-corrected chi connectivity index (χ1v) is 9.11. The molecule has 3 rings (SSSR count). The van der Waals surface area contributed by atoms with Crippen LogP contribution in [0.25, 0.3) is 0 Å². The highest BCUT2D eigenvalue weighted by Crippen LogP contribution is 2.16. The highest BCUT2D eigenvalue weighted by Gasteiger charge is 2.21. The van der Waals surface area contributed by atoms with E-state index in [1.54, 1.807) is 23.1 Å². The first-order valence-electron chi connectivity index (χ1n) is 9.11. The lowest BCUT2D eigenvalue weighted by molar-refractivity contribution is -0.131. The van der Waals surface area contributed by atoms with Gasteiger partial charge in [0.05, 0.1) is 0 Å². The van der Waals surface area contributed by atoms with Crippen molar-refractivity contribution >= 4 is 17.5 Å². The van der Waals surface area contributed by atoms with E-state index in [1.807, 2.05) is 24.3 Å². The maximum atomic E-state index is 13.9. The van der Waals surface area contributed by atoms with Crippen LogP contribution in [0.15, 0.2) is 48.5 Å². The Morgan fingerprint density at radius 3 is 2.48 bits per heavy atom. The Bertz CT molecular complexity index is 807. The van der Waals surface area contributed by atoms with Gasteiger partial charge in [0, 0.05) is 57.3 Å². The van der Waals surface area contributed by atoms with Gasteiger partial charge >= 0.3 is 0 Å². The van der Waals surface area contributed by atoms with E-state index in [-0.39, 0.29) is 17.6 Å². The Morgan fingerprint density at radius 1 is 1.04 bits per heavy atom. The third kappa shape index (κ3) is 5.37. The van der Waals surface area contributed by atoms with Crippen LogP contribution in [-0.4, -0.2) is 41.2 Å². The van der Waals surface area contributed by atoms with Gasteiger partial charge in [0.25, 0.3) is 0 Å². The number of nitrogens with zero attached hydrogens (tertiary/aromatic N) is 2. The lowest BCUT2D eigenvalue weighted by Crippen LogP contribution is -2.33. The maximum absolute atomic E-state index is 13.9. The van der Waals surface area contributed by atoms with Gasteiger partial charge in [-0.15, -0.1) is 0 Å². The van der Waals surface area contributed by atoms with Gasteiger partial charge in [-0.05, 0) is 23.8 Å². The van der Waals surface area contributed by atoms with E-state index in [9.17, 15) is 14.0 Å². The molecule has 0 radical (unpaired) electrons. The fourth-order valence-electron chi connectivity index (χ4n) is 3.22. The highest BCUT2D eigenvalue weighted by atomic mass is 19.1.